The highest BCUT2D eigenvalue weighted by molar-refractivity contribution is 5.71. The van der Waals surface area contributed by atoms with Crippen molar-refractivity contribution in [3.05, 3.63) is 70.8 Å². The van der Waals surface area contributed by atoms with Gasteiger partial charge in [-0.2, -0.15) is 0 Å². The van der Waals surface area contributed by atoms with Crippen molar-refractivity contribution >= 4 is 11.9 Å². The second kappa shape index (κ2) is 11.9. The Kier molecular flexibility index (Phi) is 9.31. The fourth-order valence-electron chi connectivity index (χ4n) is 4.24. The van der Waals surface area contributed by atoms with Gasteiger partial charge >= 0.3 is 11.9 Å². The third-order valence-corrected chi connectivity index (χ3v) is 6.06. The van der Waals surface area contributed by atoms with Crippen LogP contribution in [0.2, 0.25) is 0 Å². The summed E-state index contributed by atoms with van der Waals surface area (Å²) in [5.41, 5.74) is 3.55. The molecule has 0 saturated heterocycles. The fourth-order valence-corrected chi connectivity index (χ4v) is 4.24. The standard InChI is InChI=1S/C29H32O4/c1-5-7-13-23(27(30)31)19-21-15-9-11-17-25(21)29(3,4)26-18-12-10-16-22(26)20-24(28(32)33)14-8-6-2/h9-12,15-18,23-24H,13-14,19-20H2,1-4H3,(H,30,31)(H,32,33). The molecule has 33 heavy (non-hydrogen) atoms. The molecule has 4 heteroatoms. The van der Waals surface area contributed by atoms with Crippen LogP contribution in [0, 0.1) is 35.5 Å². The summed E-state index contributed by atoms with van der Waals surface area (Å²) in [6, 6.07) is 15.8. The van der Waals surface area contributed by atoms with Crippen LogP contribution >= 0.6 is 0 Å². The summed E-state index contributed by atoms with van der Waals surface area (Å²) in [5, 5.41) is 19.4. The summed E-state index contributed by atoms with van der Waals surface area (Å²) in [7, 11) is 0. The number of benzene rings is 2. The Bertz CT molecular complexity index is 1020. The molecule has 0 fully saturated rings. The van der Waals surface area contributed by atoms with Crippen molar-refractivity contribution in [3.63, 3.8) is 0 Å². The van der Waals surface area contributed by atoms with Gasteiger partial charge in [-0.3, -0.25) is 9.59 Å². The average Bonchev–Trinajstić information content (AvgIpc) is 2.79. The van der Waals surface area contributed by atoms with E-state index >= 15 is 0 Å². The van der Waals surface area contributed by atoms with Crippen LogP contribution in [0.3, 0.4) is 0 Å². The molecule has 4 nitrogen and oxygen atoms in total. The highest BCUT2D eigenvalue weighted by atomic mass is 16.4. The maximum Gasteiger partial charge on any atom is 0.307 e. The number of aliphatic carboxylic acids is 2. The Morgan fingerprint density at radius 3 is 1.45 bits per heavy atom. The smallest absolute Gasteiger partial charge is 0.307 e. The van der Waals surface area contributed by atoms with E-state index in [1.165, 1.54) is 0 Å². The lowest BCUT2D eigenvalue weighted by Gasteiger charge is -2.32. The van der Waals surface area contributed by atoms with Crippen LogP contribution in [-0.4, -0.2) is 22.2 Å². The van der Waals surface area contributed by atoms with Gasteiger partial charge in [0.05, 0.1) is 11.8 Å². The molecule has 0 aliphatic heterocycles. The van der Waals surface area contributed by atoms with E-state index in [9.17, 15) is 19.8 Å². The quantitative estimate of drug-likeness (QED) is 0.486. The Labute approximate surface area is 197 Å². The van der Waals surface area contributed by atoms with Crippen LogP contribution in [0.1, 0.15) is 62.8 Å². The van der Waals surface area contributed by atoms with Gasteiger partial charge in [0.2, 0.25) is 0 Å². The molecule has 0 aliphatic carbocycles. The van der Waals surface area contributed by atoms with Gasteiger partial charge in [0.1, 0.15) is 0 Å². The fraction of sp³-hybridized carbons (Fsp3) is 0.379. The number of carbonyl (C=O) groups is 2. The topological polar surface area (TPSA) is 74.6 Å². The molecule has 2 rings (SSSR count). The van der Waals surface area contributed by atoms with Gasteiger partial charge in [-0.05, 0) is 48.9 Å². The lowest BCUT2D eigenvalue weighted by atomic mass is 9.72. The van der Waals surface area contributed by atoms with Crippen LogP contribution in [0.15, 0.2) is 48.5 Å². The van der Waals surface area contributed by atoms with Crippen molar-refractivity contribution in [2.45, 2.75) is 58.8 Å². The molecule has 2 unspecified atom stereocenters. The molecule has 172 valence electrons. The van der Waals surface area contributed by atoms with Crippen molar-refractivity contribution in [2.24, 2.45) is 11.8 Å². The van der Waals surface area contributed by atoms with E-state index in [1.807, 2.05) is 48.5 Å². The highest BCUT2D eigenvalue weighted by Gasteiger charge is 2.30. The van der Waals surface area contributed by atoms with E-state index in [2.05, 4.69) is 37.5 Å². The number of carboxylic acid groups (broad SMARTS) is 2. The van der Waals surface area contributed by atoms with Gasteiger partial charge in [-0.15, -0.1) is 23.7 Å². The normalized spacial score (nSPS) is 12.5. The monoisotopic (exact) mass is 444 g/mol. The molecule has 0 saturated carbocycles. The first-order valence-corrected chi connectivity index (χ1v) is 11.1. The number of carboxylic acids is 2. The van der Waals surface area contributed by atoms with E-state index in [1.54, 1.807) is 13.8 Å². The summed E-state index contributed by atoms with van der Waals surface area (Å²) >= 11 is 0. The molecule has 0 aliphatic rings. The Balaban J connectivity index is 2.49. The van der Waals surface area contributed by atoms with Crippen molar-refractivity contribution in [2.75, 3.05) is 0 Å². The SMILES string of the molecule is CC#CCC(Cc1ccccc1C(C)(C)c1ccccc1CC(CC#CC)C(=O)O)C(=O)O. The van der Waals surface area contributed by atoms with Gasteiger partial charge < -0.3 is 10.2 Å². The number of hydrogen-bond acceptors (Lipinski definition) is 2. The second-order valence-corrected chi connectivity index (χ2v) is 8.68. The minimum absolute atomic E-state index is 0.302. The van der Waals surface area contributed by atoms with Crippen molar-refractivity contribution in [1.82, 2.24) is 0 Å². The maximum atomic E-state index is 11.8. The third kappa shape index (κ3) is 6.74. The number of rotatable bonds is 10. The molecule has 0 aromatic heterocycles. The predicted octanol–water partition coefficient (Wildman–Crippen LogP) is 5.33. The van der Waals surface area contributed by atoms with E-state index < -0.39 is 29.2 Å². The molecule has 0 heterocycles. The molecule has 2 aromatic carbocycles. The summed E-state index contributed by atoms with van der Waals surface area (Å²) in [5.74, 6) is 8.49. The zero-order chi connectivity index (χ0) is 24.4. The van der Waals surface area contributed by atoms with Gasteiger partial charge in [-0.25, -0.2) is 0 Å². The Hall–Kier alpha value is -3.50. The molecule has 2 atom stereocenters. The second-order valence-electron chi connectivity index (χ2n) is 8.68. The number of hydrogen-bond donors (Lipinski definition) is 2. The highest BCUT2D eigenvalue weighted by Crippen LogP contribution is 2.37. The molecular formula is C29H32O4. The van der Waals surface area contributed by atoms with Crippen LogP contribution in [-0.2, 0) is 27.8 Å². The summed E-state index contributed by atoms with van der Waals surface area (Å²) in [6.07, 6.45) is 1.37. The van der Waals surface area contributed by atoms with E-state index in [4.69, 9.17) is 0 Å². The van der Waals surface area contributed by atoms with Crippen molar-refractivity contribution < 1.29 is 19.8 Å². The maximum absolute atomic E-state index is 11.8. The predicted molar refractivity (Wildman–Crippen MR) is 131 cm³/mol. The third-order valence-electron chi connectivity index (χ3n) is 6.06. The van der Waals surface area contributed by atoms with Gasteiger partial charge in [0, 0.05) is 18.3 Å². The van der Waals surface area contributed by atoms with Gasteiger partial charge in [-0.1, -0.05) is 62.4 Å². The molecular weight excluding hydrogens is 412 g/mol. The zero-order valence-electron chi connectivity index (χ0n) is 19.8. The minimum atomic E-state index is -0.855. The molecule has 2 aromatic rings. The zero-order valence-corrected chi connectivity index (χ0v) is 19.8. The van der Waals surface area contributed by atoms with E-state index in [0.29, 0.717) is 25.7 Å². The Morgan fingerprint density at radius 2 is 1.12 bits per heavy atom. The van der Waals surface area contributed by atoms with Gasteiger partial charge in [0.25, 0.3) is 0 Å². The van der Waals surface area contributed by atoms with Crippen LogP contribution < -0.4 is 0 Å². The largest absolute Gasteiger partial charge is 0.481 e. The first-order chi connectivity index (χ1) is 15.7. The van der Waals surface area contributed by atoms with Crippen molar-refractivity contribution in [3.8, 4) is 23.7 Å². The molecule has 0 spiro atoms. The lowest BCUT2D eigenvalue weighted by molar-refractivity contribution is -0.142. The Morgan fingerprint density at radius 1 is 0.758 bits per heavy atom. The first-order valence-electron chi connectivity index (χ1n) is 11.1. The molecule has 0 amide bonds. The van der Waals surface area contributed by atoms with Gasteiger partial charge in [0.15, 0.2) is 0 Å². The first kappa shape index (κ1) is 25.8. The molecule has 0 radical (unpaired) electrons. The van der Waals surface area contributed by atoms with Crippen molar-refractivity contribution in [1.29, 1.82) is 0 Å². The molecule has 0 bridgehead atoms. The lowest BCUT2D eigenvalue weighted by Crippen LogP contribution is -2.26. The van der Waals surface area contributed by atoms with Crippen LogP contribution in [0.5, 0.6) is 0 Å². The van der Waals surface area contributed by atoms with E-state index in [-0.39, 0.29) is 0 Å². The van der Waals surface area contributed by atoms with E-state index in [0.717, 1.165) is 22.3 Å². The summed E-state index contributed by atoms with van der Waals surface area (Å²) in [4.78, 5) is 23.7. The average molecular weight is 445 g/mol. The van der Waals surface area contributed by atoms with Crippen LogP contribution in [0.25, 0.3) is 0 Å². The summed E-state index contributed by atoms with van der Waals surface area (Å²) in [6.45, 7) is 7.63. The van der Waals surface area contributed by atoms with Crippen LogP contribution in [0.4, 0.5) is 0 Å². The molecule has 2 N–H and O–H groups in total. The summed E-state index contributed by atoms with van der Waals surface area (Å²) < 4.78 is 0. The minimum Gasteiger partial charge on any atom is -0.481 e.